The van der Waals surface area contributed by atoms with E-state index >= 15 is 0 Å². The maximum absolute atomic E-state index is 9.55. The zero-order chi connectivity index (χ0) is 48.7. The number of rotatable bonds is 13. The molecule has 0 saturated carbocycles. The topological polar surface area (TPSA) is 299 Å². The first-order valence-electron chi connectivity index (χ1n) is 22.4. The Bertz CT molecular complexity index is 3150. The predicted molar refractivity (Wildman–Crippen MR) is 272 cm³/mol. The Kier molecular flexibility index (Phi) is 15.7. The third-order valence-electron chi connectivity index (χ3n) is 11.1. The quantitative estimate of drug-likeness (QED) is 0.0563. The summed E-state index contributed by atoms with van der Waals surface area (Å²) in [4.78, 5) is 16.0. The summed E-state index contributed by atoms with van der Waals surface area (Å²) in [5, 5.41) is 53.1. The number of thiophene rings is 3. The van der Waals surface area contributed by atoms with Crippen molar-refractivity contribution in [1.82, 2.24) is 44.7 Å². The SMILES string of the molecule is Nc1cc(Cl)c2sc(-c3ccnn3C3CCCCO3)cc2n1.Nc1cc(OC[C@H](O)CO)c2sc(-c3ccn[nH]3)cc2n1.Nc1cc(OC[C@H](O)CO)c2sc(-c3ccnn3C3CCCCO3)cc2n1. The summed E-state index contributed by atoms with van der Waals surface area (Å²) in [6.07, 6.45) is 9.77. The highest BCUT2D eigenvalue weighted by molar-refractivity contribution is 7.23. The second-order valence-electron chi connectivity index (χ2n) is 16.3. The highest BCUT2D eigenvalue weighted by Gasteiger charge is 2.24. The van der Waals surface area contributed by atoms with Crippen LogP contribution in [-0.4, -0.2) is 117 Å². The molecule has 0 bridgehead atoms. The standard InChI is InChI=1S/C18H22N4O4S.C15H15ClN4OS.C13H14N4O3S/c19-16-8-14(26-10-11(24)9-23)18-12(21-16)7-15(27-18)13-4-5-20-22(13)17-3-1-2-6-25-17;16-9-7-13(17)19-10-8-12(22-15(9)10)11-4-5-18-20(11)14-3-1-2-6-21-14;14-12-4-10(20-6-7(19)5-18)13-9(16-12)3-11(21-13)8-1-2-15-17-8/h4-5,7-8,11,17,23-24H,1-3,6,9-10H2,(H2,19,21);4-5,7-8,14H,1-3,6H2,(H2,17,19);1-4,7,18-19H,5-6H2,(H2,14,16)(H,15,17)/t11-,17?;;7-/m1.1/s1. The number of H-pyrrole nitrogens is 1. The molecule has 11 N–H and O–H groups in total. The Labute approximate surface area is 417 Å². The van der Waals surface area contributed by atoms with Gasteiger partial charge in [0.25, 0.3) is 0 Å². The number of hydrogen-bond donors (Lipinski definition) is 8. The third-order valence-corrected chi connectivity index (χ3v) is 15.1. The van der Waals surface area contributed by atoms with Gasteiger partial charge in [-0.1, -0.05) is 11.6 Å². The van der Waals surface area contributed by atoms with Crippen molar-refractivity contribution < 1.29 is 39.4 Å². The lowest BCUT2D eigenvalue weighted by atomic mass is 10.2. The molecule has 4 atom stereocenters. The number of anilines is 3. The summed E-state index contributed by atoms with van der Waals surface area (Å²) in [6, 6.07) is 16.6. The summed E-state index contributed by atoms with van der Waals surface area (Å²) in [5.41, 5.74) is 22.6. The molecule has 368 valence electrons. The van der Waals surface area contributed by atoms with E-state index < -0.39 is 12.2 Å². The van der Waals surface area contributed by atoms with Crippen LogP contribution in [0.25, 0.3) is 62.4 Å². The number of halogens is 1. The number of nitrogen functional groups attached to an aromatic ring is 3. The number of nitrogens with one attached hydrogen (secondary N) is 1. The first-order chi connectivity index (χ1) is 34.0. The zero-order valence-corrected chi connectivity index (χ0v) is 40.8. The minimum Gasteiger partial charge on any atom is -0.489 e. The smallest absolute Gasteiger partial charge is 0.150 e. The fourth-order valence-corrected chi connectivity index (χ4v) is 11.3. The van der Waals surface area contributed by atoms with Gasteiger partial charge in [0.05, 0.1) is 80.6 Å². The number of hydrogen-bond acceptors (Lipinski definition) is 20. The normalized spacial score (nSPS) is 16.9. The number of aliphatic hydroxyl groups is 4. The number of nitrogens with zero attached hydrogens (tertiary/aromatic N) is 8. The van der Waals surface area contributed by atoms with Crippen LogP contribution in [0.5, 0.6) is 11.5 Å². The fourth-order valence-electron chi connectivity index (χ4n) is 7.81. The molecule has 11 rings (SSSR count). The van der Waals surface area contributed by atoms with Gasteiger partial charge in [0, 0.05) is 50.0 Å². The van der Waals surface area contributed by atoms with Crippen LogP contribution in [0.15, 0.2) is 73.2 Å². The van der Waals surface area contributed by atoms with Gasteiger partial charge in [0.2, 0.25) is 0 Å². The molecule has 0 aromatic carbocycles. The molecule has 0 aliphatic carbocycles. The van der Waals surface area contributed by atoms with E-state index in [2.05, 4.69) is 35.3 Å². The molecule has 0 amide bonds. The molecule has 70 heavy (non-hydrogen) atoms. The van der Waals surface area contributed by atoms with Crippen LogP contribution >= 0.6 is 45.6 Å². The van der Waals surface area contributed by atoms with E-state index in [9.17, 15) is 10.2 Å². The third kappa shape index (κ3) is 11.3. The van der Waals surface area contributed by atoms with Gasteiger partial charge in [0.1, 0.15) is 54.4 Å². The number of aromatic amines is 1. The molecule has 9 aromatic rings. The van der Waals surface area contributed by atoms with Gasteiger partial charge in [-0.2, -0.15) is 15.3 Å². The van der Waals surface area contributed by atoms with Crippen LogP contribution in [0.2, 0.25) is 5.02 Å². The average molecular weight is 1030 g/mol. The number of nitrogens with two attached hydrogens (primary N) is 3. The molecule has 24 heteroatoms. The van der Waals surface area contributed by atoms with Crippen LogP contribution in [0.3, 0.4) is 0 Å². The van der Waals surface area contributed by atoms with Gasteiger partial charge < -0.3 is 56.6 Å². The van der Waals surface area contributed by atoms with Crippen molar-refractivity contribution >= 4 is 93.7 Å². The van der Waals surface area contributed by atoms with Crippen molar-refractivity contribution in [3.8, 4) is 43.2 Å². The zero-order valence-electron chi connectivity index (χ0n) is 37.6. The van der Waals surface area contributed by atoms with E-state index in [1.165, 1.54) is 29.1 Å². The monoisotopic (exact) mass is 1030 g/mol. The average Bonchev–Trinajstić information content (AvgIpc) is 4.24. The van der Waals surface area contributed by atoms with E-state index in [4.69, 9.17) is 58.0 Å². The summed E-state index contributed by atoms with van der Waals surface area (Å²) in [7, 11) is 0. The lowest BCUT2D eigenvalue weighted by Gasteiger charge is -2.24. The lowest BCUT2D eigenvalue weighted by Crippen LogP contribution is -2.21. The maximum Gasteiger partial charge on any atom is 0.150 e. The largest absolute Gasteiger partial charge is 0.489 e. The van der Waals surface area contributed by atoms with Gasteiger partial charge in [-0.3, -0.25) is 5.10 Å². The molecule has 2 fully saturated rings. The number of pyridine rings is 3. The molecular formula is C46H51ClN12O8S3. The summed E-state index contributed by atoms with van der Waals surface area (Å²) in [6.45, 7) is 0.802. The molecule has 2 saturated heterocycles. The van der Waals surface area contributed by atoms with Gasteiger partial charge in [0.15, 0.2) is 12.5 Å². The minimum atomic E-state index is -0.946. The number of ether oxygens (including phenoxy) is 4. The molecule has 9 aromatic heterocycles. The molecular weight excluding hydrogens is 980 g/mol. The van der Waals surface area contributed by atoms with Crippen molar-refractivity contribution in [3.05, 3.63) is 78.2 Å². The predicted octanol–water partition coefficient (Wildman–Crippen LogP) is 7.27. The van der Waals surface area contributed by atoms with E-state index in [0.29, 0.717) is 34.0 Å². The molecule has 2 aliphatic rings. The number of aliphatic hydroxyl groups excluding tert-OH is 4. The molecule has 2 unspecified atom stereocenters. The second kappa shape index (κ2) is 22.4. The van der Waals surface area contributed by atoms with Crippen LogP contribution in [-0.2, 0) is 9.47 Å². The summed E-state index contributed by atoms with van der Waals surface area (Å²) < 4.78 is 29.4. The van der Waals surface area contributed by atoms with E-state index in [1.807, 2.05) is 45.8 Å². The lowest BCUT2D eigenvalue weighted by molar-refractivity contribution is -0.0384. The van der Waals surface area contributed by atoms with Crippen LogP contribution in [0, 0.1) is 0 Å². The van der Waals surface area contributed by atoms with Crippen LogP contribution in [0.4, 0.5) is 17.5 Å². The van der Waals surface area contributed by atoms with Crippen molar-refractivity contribution in [3.63, 3.8) is 0 Å². The maximum atomic E-state index is 9.55. The van der Waals surface area contributed by atoms with Crippen molar-refractivity contribution in [2.75, 3.05) is 56.8 Å². The Morgan fingerprint density at radius 2 is 1.11 bits per heavy atom. The van der Waals surface area contributed by atoms with Crippen LogP contribution in [0.1, 0.15) is 51.0 Å². The number of aromatic nitrogens is 9. The summed E-state index contributed by atoms with van der Waals surface area (Å²) in [5.74, 6) is 2.20. The minimum absolute atomic E-state index is 0.00760. The first kappa shape index (κ1) is 49.0. The van der Waals surface area contributed by atoms with Crippen molar-refractivity contribution in [1.29, 1.82) is 0 Å². The van der Waals surface area contributed by atoms with Gasteiger partial charge in [-0.15, -0.1) is 34.0 Å². The van der Waals surface area contributed by atoms with Gasteiger partial charge in [-0.25, -0.2) is 24.3 Å². The van der Waals surface area contributed by atoms with Crippen molar-refractivity contribution in [2.24, 2.45) is 0 Å². The molecule has 0 spiro atoms. The van der Waals surface area contributed by atoms with Crippen molar-refractivity contribution in [2.45, 2.75) is 63.2 Å². The van der Waals surface area contributed by atoms with Crippen LogP contribution < -0.4 is 26.7 Å². The van der Waals surface area contributed by atoms with Gasteiger partial charge >= 0.3 is 0 Å². The van der Waals surface area contributed by atoms with E-state index in [1.54, 1.807) is 48.1 Å². The molecule has 2 aliphatic heterocycles. The number of fused-ring (bicyclic) bond motifs is 3. The van der Waals surface area contributed by atoms with E-state index in [-0.39, 0.29) is 38.9 Å². The molecule has 20 nitrogen and oxygen atoms in total. The highest BCUT2D eigenvalue weighted by Crippen LogP contribution is 2.42. The Morgan fingerprint density at radius 1 is 0.643 bits per heavy atom. The Balaban J connectivity index is 0.000000132. The highest BCUT2D eigenvalue weighted by atomic mass is 35.5. The fraction of sp³-hybridized carbons (Fsp3) is 0.348. The molecule has 0 radical (unpaired) electrons. The molecule has 11 heterocycles. The van der Waals surface area contributed by atoms with E-state index in [0.717, 1.165) is 108 Å². The Hall–Kier alpha value is -5.99. The van der Waals surface area contributed by atoms with Gasteiger partial charge in [-0.05, 0) is 74.9 Å². The second-order valence-corrected chi connectivity index (χ2v) is 19.9. The Morgan fingerprint density at radius 3 is 1.59 bits per heavy atom. The summed E-state index contributed by atoms with van der Waals surface area (Å²) >= 11 is 10.9. The first-order valence-corrected chi connectivity index (χ1v) is 25.3.